The van der Waals surface area contributed by atoms with Crippen LogP contribution in [0.4, 0.5) is 4.79 Å². The van der Waals surface area contributed by atoms with Crippen molar-refractivity contribution in [2.75, 3.05) is 26.7 Å². The first-order valence-corrected chi connectivity index (χ1v) is 9.66. The van der Waals surface area contributed by atoms with E-state index in [1.54, 1.807) is 11.9 Å². The average molecular weight is 511 g/mol. The van der Waals surface area contributed by atoms with Crippen molar-refractivity contribution in [2.45, 2.75) is 78.0 Å². The van der Waals surface area contributed by atoms with Gasteiger partial charge in [0.25, 0.3) is 0 Å². The highest BCUT2D eigenvalue weighted by molar-refractivity contribution is 14.0. The van der Waals surface area contributed by atoms with E-state index in [-0.39, 0.29) is 54.1 Å². The van der Waals surface area contributed by atoms with Gasteiger partial charge in [-0.1, -0.05) is 0 Å². The molecule has 1 atom stereocenters. The van der Waals surface area contributed by atoms with Crippen LogP contribution in [-0.4, -0.2) is 66.7 Å². The van der Waals surface area contributed by atoms with E-state index in [4.69, 9.17) is 4.74 Å². The van der Waals surface area contributed by atoms with Gasteiger partial charge >= 0.3 is 6.09 Å². The first-order chi connectivity index (χ1) is 12.4. The summed E-state index contributed by atoms with van der Waals surface area (Å²) in [5.41, 5.74) is -0.782. The number of amides is 2. The highest BCUT2D eigenvalue weighted by atomic mass is 127. The van der Waals surface area contributed by atoms with E-state index in [9.17, 15) is 9.59 Å². The van der Waals surface area contributed by atoms with E-state index in [0.29, 0.717) is 19.0 Å². The summed E-state index contributed by atoms with van der Waals surface area (Å²) in [7, 11) is 1.66. The monoisotopic (exact) mass is 511 g/mol. The first kappa shape index (κ1) is 26.7. The number of nitrogens with zero attached hydrogens (tertiary/aromatic N) is 2. The summed E-state index contributed by atoms with van der Waals surface area (Å²) in [4.78, 5) is 30.3. The highest BCUT2D eigenvalue weighted by Gasteiger charge is 2.30. The van der Waals surface area contributed by atoms with Crippen LogP contribution in [0.2, 0.25) is 0 Å². The third-order valence-electron chi connectivity index (χ3n) is 3.91. The summed E-state index contributed by atoms with van der Waals surface area (Å²) in [6.45, 7) is 12.8. The van der Waals surface area contributed by atoms with Crippen molar-refractivity contribution in [1.82, 2.24) is 20.9 Å². The molecule has 0 radical (unpaired) electrons. The zero-order valence-corrected chi connectivity index (χ0v) is 20.7. The van der Waals surface area contributed by atoms with Crippen LogP contribution in [0.1, 0.15) is 60.8 Å². The van der Waals surface area contributed by atoms with Crippen LogP contribution in [0.25, 0.3) is 0 Å². The molecule has 1 unspecified atom stereocenters. The summed E-state index contributed by atoms with van der Waals surface area (Å²) in [6, 6.07) is 0.0375. The van der Waals surface area contributed by atoms with E-state index in [0.717, 1.165) is 19.3 Å². The Kier molecular flexibility index (Phi) is 11.1. The van der Waals surface area contributed by atoms with E-state index >= 15 is 0 Å². The Hall–Kier alpha value is -1.26. The van der Waals surface area contributed by atoms with Gasteiger partial charge in [0.2, 0.25) is 5.91 Å². The predicted octanol–water partition coefficient (Wildman–Crippen LogP) is 2.47. The van der Waals surface area contributed by atoms with Gasteiger partial charge in [-0.3, -0.25) is 9.79 Å². The van der Waals surface area contributed by atoms with Crippen LogP contribution in [0.3, 0.4) is 0 Å². The van der Waals surface area contributed by atoms with Crippen molar-refractivity contribution >= 4 is 41.9 Å². The maximum atomic E-state index is 12.5. The topological polar surface area (TPSA) is 95.1 Å². The molecule has 9 heteroatoms. The summed E-state index contributed by atoms with van der Waals surface area (Å²) in [5, 5.41) is 9.11. The van der Waals surface area contributed by atoms with Crippen molar-refractivity contribution in [1.29, 1.82) is 0 Å². The molecular weight excluding hydrogens is 473 g/mol. The van der Waals surface area contributed by atoms with Gasteiger partial charge in [0.15, 0.2) is 5.96 Å². The summed E-state index contributed by atoms with van der Waals surface area (Å²) >= 11 is 0. The fourth-order valence-electron chi connectivity index (χ4n) is 2.84. The second-order valence-corrected chi connectivity index (χ2v) is 8.93. The normalized spacial score (nSPS) is 18.0. The molecule has 1 aliphatic heterocycles. The van der Waals surface area contributed by atoms with E-state index in [1.807, 2.05) is 41.5 Å². The molecule has 0 aromatic carbocycles. The van der Waals surface area contributed by atoms with Gasteiger partial charge in [0, 0.05) is 25.7 Å². The van der Waals surface area contributed by atoms with Crippen molar-refractivity contribution in [3.05, 3.63) is 0 Å². The molecule has 3 N–H and O–H groups in total. The molecule has 164 valence electrons. The molecule has 1 heterocycles. The number of carbonyl (C=O) groups excluding carboxylic acids is 2. The molecular formula is C19H38IN5O3. The number of hydrogen-bond acceptors (Lipinski definition) is 4. The lowest BCUT2D eigenvalue weighted by molar-refractivity contribution is -0.121. The highest BCUT2D eigenvalue weighted by Crippen LogP contribution is 2.20. The Morgan fingerprint density at radius 2 is 1.75 bits per heavy atom. The van der Waals surface area contributed by atoms with Crippen LogP contribution in [0.15, 0.2) is 4.99 Å². The van der Waals surface area contributed by atoms with Crippen LogP contribution >= 0.6 is 24.0 Å². The second-order valence-electron chi connectivity index (χ2n) is 8.93. The third-order valence-corrected chi connectivity index (χ3v) is 3.91. The summed E-state index contributed by atoms with van der Waals surface area (Å²) in [5.74, 6) is 0.437. The second kappa shape index (κ2) is 11.7. The lowest BCUT2D eigenvalue weighted by Crippen LogP contribution is -2.53. The Morgan fingerprint density at radius 3 is 2.29 bits per heavy atom. The molecule has 28 heavy (non-hydrogen) atoms. The zero-order chi connectivity index (χ0) is 20.7. The van der Waals surface area contributed by atoms with Crippen molar-refractivity contribution in [3.8, 4) is 0 Å². The quantitative estimate of drug-likeness (QED) is 0.306. The minimum atomic E-state index is -0.509. The largest absolute Gasteiger partial charge is 0.444 e. The number of guanidine groups is 1. The average Bonchev–Trinajstić information content (AvgIpc) is 2.52. The minimum Gasteiger partial charge on any atom is -0.444 e. The van der Waals surface area contributed by atoms with Crippen molar-refractivity contribution in [2.24, 2.45) is 4.99 Å². The molecule has 1 aliphatic rings. The van der Waals surface area contributed by atoms with E-state index in [1.165, 1.54) is 0 Å². The minimum absolute atomic E-state index is 0. The number of aliphatic imine (C=N–C) groups is 1. The summed E-state index contributed by atoms with van der Waals surface area (Å²) < 4.78 is 5.53. The first-order valence-electron chi connectivity index (χ1n) is 9.66. The smallest absolute Gasteiger partial charge is 0.410 e. The predicted molar refractivity (Wildman–Crippen MR) is 123 cm³/mol. The van der Waals surface area contributed by atoms with E-state index < -0.39 is 5.60 Å². The molecule has 8 nitrogen and oxygen atoms in total. The lowest BCUT2D eigenvalue weighted by atomic mass is 10.0. The number of hydrogen-bond donors (Lipinski definition) is 3. The molecule has 0 spiro atoms. The van der Waals surface area contributed by atoms with Gasteiger partial charge in [-0.15, -0.1) is 24.0 Å². The van der Waals surface area contributed by atoms with Crippen molar-refractivity contribution < 1.29 is 14.3 Å². The maximum Gasteiger partial charge on any atom is 0.410 e. The number of piperidine rings is 1. The number of halogens is 1. The molecule has 2 amide bonds. The molecule has 0 saturated carbocycles. The van der Waals surface area contributed by atoms with Gasteiger partial charge in [-0.25, -0.2) is 4.79 Å². The van der Waals surface area contributed by atoms with Gasteiger partial charge in [0.1, 0.15) is 5.60 Å². The van der Waals surface area contributed by atoms with Gasteiger partial charge in [-0.2, -0.15) is 0 Å². The molecule has 1 rings (SSSR count). The Bertz CT molecular complexity index is 541. The fraction of sp³-hybridized carbons (Fsp3) is 0.842. The Morgan fingerprint density at radius 1 is 1.11 bits per heavy atom. The van der Waals surface area contributed by atoms with Crippen LogP contribution < -0.4 is 16.0 Å². The number of rotatable bonds is 4. The molecule has 1 saturated heterocycles. The molecule has 0 aromatic heterocycles. The van der Waals surface area contributed by atoms with Gasteiger partial charge in [0.05, 0.1) is 12.6 Å². The number of likely N-dealkylation sites (tertiary alicyclic amines) is 1. The van der Waals surface area contributed by atoms with Gasteiger partial charge in [-0.05, 0) is 60.8 Å². The van der Waals surface area contributed by atoms with Crippen LogP contribution in [0, 0.1) is 0 Å². The van der Waals surface area contributed by atoms with Gasteiger partial charge < -0.3 is 25.6 Å². The summed E-state index contributed by atoms with van der Waals surface area (Å²) in [6.07, 6.45) is 2.69. The number of carbonyl (C=O) groups is 2. The fourth-order valence-corrected chi connectivity index (χ4v) is 2.84. The SMILES string of the molecule is CN=C(NCC(=O)NC(C)(C)C)NCC1CCCCN1C(=O)OC(C)(C)C.I. The molecule has 1 fully saturated rings. The molecule has 0 aliphatic carbocycles. The van der Waals surface area contributed by atoms with E-state index in [2.05, 4.69) is 20.9 Å². The Labute approximate surface area is 186 Å². The van der Waals surface area contributed by atoms with Crippen LogP contribution in [0.5, 0.6) is 0 Å². The van der Waals surface area contributed by atoms with Crippen LogP contribution in [-0.2, 0) is 9.53 Å². The Balaban J connectivity index is 0.00000729. The number of ether oxygens (including phenoxy) is 1. The standard InChI is InChI=1S/C19H37N5O3.HI/c1-18(2,3)23-15(25)13-22-16(20-7)21-12-14-10-8-9-11-24(14)17(26)27-19(4,5)6;/h14H,8-13H2,1-7H3,(H,23,25)(H2,20,21,22);1H. The third kappa shape index (κ3) is 10.9. The van der Waals surface area contributed by atoms with Crippen molar-refractivity contribution in [3.63, 3.8) is 0 Å². The number of nitrogens with one attached hydrogen (secondary N) is 3. The molecule has 0 bridgehead atoms. The maximum absolute atomic E-state index is 12.5. The lowest BCUT2D eigenvalue weighted by Gasteiger charge is -2.37. The molecule has 0 aromatic rings. The zero-order valence-electron chi connectivity index (χ0n) is 18.3.